The number of nitrogens with two attached hydrogens (primary N) is 1. The van der Waals surface area contributed by atoms with Crippen LogP contribution >= 0.6 is 0 Å². The molecule has 0 bridgehead atoms. The van der Waals surface area contributed by atoms with E-state index in [0.29, 0.717) is 6.54 Å². The molecule has 0 aromatic heterocycles. The second-order valence-corrected chi connectivity index (χ2v) is 6.97. The van der Waals surface area contributed by atoms with Gasteiger partial charge in [0.05, 0.1) is 6.54 Å². The molecule has 2 rings (SSSR count). The van der Waals surface area contributed by atoms with Crippen LogP contribution < -0.4 is 16.4 Å². The van der Waals surface area contributed by atoms with Crippen molar-refractivity contribution in [3.05, 3.63) is 35.6 Å². The first-order chi connectivity index (χ1) is 13.1. The smallest absolute Gasteiger partial charge is 0.220 e. The molecule has 0 atom stereocenters. The minimum absolute atomic E-state index is 0.0583. The predicted molar refractivity (Wildman–Crippen MR) is 107 cm³/mol. The number of carbonyl (C=O) groups excluding carboxylic acids is 1. The standard InChI is InChI=1S/C20H32FN5O/c1-2-23-20(25-15-16-5-7-18(21)8-6-16)24-11-3-4-12-26-13-9-17(10-14-26)19(22)27/h5-8,17H,2-4,9-15H2,1H3,(H2,22,27)(H2,23,24,25). The zero-order valence-electron chi connectivity index (χ0n) is 16.2. The Bertz CT molecular complexity index is 597. The number of amides is 1. The molecule has 150 valence electrons. The SMILES string of the molecule is CCNC(=NCc1ccc(F)cc1)NCCCCN1CCC(C(N)=O)CC1. The number of piperidine rings is 1. The van der Waals surface area contributed by atoms with Crippen LogP contribution in [0.15, 0.2) is 29.3 Å². The van der Waals surface area contributed by atoms with Crippen molar-refractivity contribution in [2.75, 3.05) is 32.7 Å². The number of nitrogens with zero attached hydrogens (tertiary/aromatic N) is 2. The first-order valence-electron chi connectivity index (χ1n) is 9.86. The van der Waals surface area contributed by atoms with Gasteiger partial charge in [0.25, 0.3) is 0 Å². The molecule has 0 aliphatic carbocycles. The number of halogens is 1. The highest BCUT2D eigenvalue weighted by atomic mass is 19.1. The normalized spacial score (nSPS) is 16.3. The minimum atomic E-state index is -0.230. The van der Waals surface area contributed by atoms with Crippen LogP contribution in [0.4, 0.5) is 4.39 Å². The van der Waals surface area contributed by atoms with Crippen molar-refractivity contribution < 1.29 is 9.18 Å². The third-order valence-corrected chi connectivity index (χ3v) is 4.86. The van der Waals surface area contributed by atoms with Gasteiger partial charge in [-0.25, -0.2) is 9.38 Å². The quantitative estimate of drug-likeness (QED) is 0.348. The highest BCUT2D eigenvalue weighted by Gasteiger charge is 2.22. The fraction of sp³-hybridized carbons (Fsp3) is 0.600. The molecule has 4 N–H and O–H groups in total. The van der Waals surface area contributed by atoms with Crippen LogP contribution in [0.3, 0.4) is 0 Å². The van der Waals surface area contributed by atoms with Crippen molar-refractivity contribution >= 4 is 11.9 Å². The van der Waals surface area contributed by atoms with E-state index in [1.165, 1.54) is 12.1 Å². The van der Waals surface area contributed by atoms with Crippen molar-refractivity contribution in [1.29, 1.82) is 0 Å². The molecule has 1 saturated heterocycles. The van der Waals surface area contributed by atoms with Gasteiger partial charge < -0.3 is 21.3 Å². The number of likely N-dealkylation sites (tertiary alicyclic amines) is 1. The van der Waals surface area contributed by atoms with Gasteiger partial charge in [0.1, 0.15) is 5.82 Å². The van der Waals surface area contributed by atoms with Crippen molar-refractivity contribution in [3.8, 4) is 0 Å². The minimum Gasteiger partial charge on any atom is -0.369 e. The van der Waals surface area contributed by atoms with Crippen molar-refractivity contribution in [2.45, 2.75) is 39.2 Å². The number of unbranched alkanes of at least 4 members (excludes halogenated alkanes) is 1. The van der Waals surface area contributed by atoms with E-state index in [4.69, 9.17) is 5.73 Å². The molecule has 0 saturated carbocycles. The Labute approximate surface area is 161 Å². The number of aliphatic imine (C=N–C) groups is 1. The summed E-state index contributed by atoms with van der Waals surface area (Å²) in [5.74, 6) is 0.452. The molecule has 1 amide bonds. The molecule has 1 heterocycles. The molecular weight excluding hydrogens is 345 g/mol. The number of hydrogen-bond donors (Lipinski definition) is 3. The second kappa shape index (κ2) is 11.5. The Morgan fingerprint density at radius 1 is 1.22 bits per heavy atom. The van der Waals surface area contributed by atoms with E-state index in [-0.39, 0.29) is 17.6 Å². The first-order valence-corrected chi connectivity index (χ1v) is 9.86. The van der Waals surface area contributed by atoms with E-state index in [1.54, 1.807) is 12.1 Å². The van der Waals surface area contributed by atoms with Gasteiger partial charge in [0.15, 0.2) is 5.96 Å². The van der Waals surface area contributed by atoms with Gasteiger partial charge in [-0.15, -0.1) is 0 Å². The van der Waals surface area contributed by atoms with Gasteiger partial charge in [-0.1, -0.05) is 12.1 Å². The summed E-state index contributed by atoms with van der Waals surface area (Å²) in [4.78, 5) is 18.2. The van der Waals surface area contributed by atoms with E-state index in [1.807, 2.05) is 6.92 Å². The summed E-state index contributed by atoms with van der Waals surface area (Å²) in [5, 5.41) is 6.58. The molecule has 1 fully saturated rings. The summed E-state index contributed by atoms with van der Waals surface area (Å²) >= 11 is 0. The number of hydrogen-bond acceptors (Lipinski definition) is 3. The fourth-order valence-electron chi connectivity index (χ4n) is 3.21. The summed E-state index contributed by atoms with van der Waals surface area (Å²) < 4.78 is 12.9. The Morgan fingerprint density at radius 3 is 2.56 bits per heavy atom. The second-order valence-electron chi connectivity index (χ2n) is 6.97. The topological polar surface area (TPSA) is 82.8 Å². The van der Waals surface area contributed by atoms with Crippen LogP contribution in [0.25, 0.3) is 0 Å². The number of guanidine groups is 1. The Hall–Kier alpha value is -2.15. The van der Waals surface area contributed by atoms with Crippen molar-refractivity contribution in [1.82, 2.24) is 15.5 Å². The van der Waals surface area contributed by atoms with Crippen LogP contribution in [0.5, 0.6) is 0 Å². The largest absolute Gasteiger partial charge is 0.369 e. The molecule has 0 spiro atoms. The average Bonchev–Trinajstić information content (AvgIpc) is 2.67. The summed E-state index contributed by atoms with van der Waals surface area (Å²) in [5.41, 5.74) is 6.35. The van der Waals surface area contributed by atoms with Crippen molar-refractivity contribution in [3.63, 3.8) is 0 Å². The number of nitrogens with one attached hydrogen (secondary N) is 2. The van der Waals surface area contributed by atoms with Gasteiger partial charge in [-0.3, -0.25) is 4.79 Å². The molecule has 6 nitrogen and oxygen atoms in total. The number of benzene rings is 1. The summed E-state index contributed by atoms with van der Waals surface area (Å²) in [6.45, 7) is 7.17. The van der Waals surface area contributed by atoms with Gasteiger partial charge in [-0.2, -0.15) is 0 Å². The third kappa shape index (κ3) is 7.95. The maximum atomic E-state index is 12.9. The zero-order chi connectivity index (χ0) is 19.5. The summed E-state index contributed by atoms with van der Waals surface area (Å²) in [6, 6.07) is 6.42. The molecule has 0 radical (unpaired) electrons. The number of carbonyl (C=O) groups is 1. The molecule has 1 aromatic carbocycles. The molecule has 7 heteroatoms. The van der Waals surface area contributed by atoms with E-state index in [0.717, 1.165) is 69.9 Å². The van der Waals surface area contributed by atoms with Crippen LogP contribution in [-0.2, 0) is 11.3 Å². The van der Waals surface area contributed by atoms with Crippen molar-refractivity contribution in [2.24, 2.45) is 16.6 Å². The molecule has 27 heavy (non-hydrogen) atoms. The molecule has 1 aliphatic rings. The molecule has 1 aromatic rings. The number of primary amides is 1. The van der Waals surface area contributed by atoms with Gasteiger partial charge in [0.2, 0.25) is 5.91 Å². The monoisotopic (exact) mass is 377 g/mol. The molecule has 0 unspecified atom stereocenters. The maximum absolute atomic E-state index is 12.9. The Kier molecular flexibility index (Phi) is 9.04. The lowest BCUT2D eigenvalue weighted by atomic mass is 9.96. The maximum Gasteiger partial charge on any atom is 0.220 e. The summed E-state index contributed by atoms with van der Waals surface area (Å²) in [6.07, 6.45) is 3.92. The zero-order valence-corrected chi connectivity index (χ0v) is 16.2. The first kappa shape index (κ1) is 21.2. The van der Waals surface area contributed by atoms with E-state index in [2.05, 4.69) is 20.5 Å². The lowest BCUT2D eigenvalue weighted by Crippen LogP contribution is -2.39. The van der Waals surface area contributed by atoms with Gasteiger partial charge in [0, 0.05) is 19.0 Å². The molecular formula is C20H32FN5O. The van der Waals surface area contributed by atoms with Crippen LogP contribution in [0, 0.1) is 11.7 Å². The van der Waals surface area contributed by atoms with E-state index >= 15 is 0 Å². The van der Waals surface area contributed by atoms with Gasteiger partial charge in [-0.05, 0) is 69.9 Å². The fourth-order valence-corrected chi connectivity index (χ4v) is 3.21. The molecule has 1 aliphatic heterocycles. The highest BCUT2D eigenvalue weighted by Crippen LogP contribution is 2.16. The van der Waals surface area contributed by atoms with Crippen LogP contribution in [-0.4, -0.2) is 49.5 Å². The number of rotatable bonds is 9. The van der Waals surface area contributed by atoms with Gasteiger partial charge >= 0.3 is 0 Å². The van der Waals surface area contributed by atoms with E-state index < -0.39 is 0 Å². The average molecular weight is 378 g/mol. The van der Waals surface area contributed by atoms with Crippen LogP contribution in [0.2, 0.25) is 0 Å². The lowest BCUT2D eigenvalue weighted by molar-refractivity contribution is -0.123. The third-order valence-electron chi connectivity index (χ3n) is 4.86. The van der Waals surface area contributed by atoms with Crippen LogP contribution in [0.1, 0.15) is 38.2 Å². The Balaban J connectivity index is 1.63. The van der Waals surface area contributed by atoms with E-state index in [9.17, 15) is 9.18 Å². The Morgan fingerprint density at radius 2 is 1.93 bits per heavy atom. The summed E-state index contributed by atoms with van der Waals surface area (Å²) in [7, 11) is 0. The highest BCUT2D eigenvalue weighted by molar-refractivity contribution is 5.79. The lowest BCUT2D eigenvalue weighted by Gasteiger charge is -2.30. The predicted octanol–water partition coefficient (Wildman–Crippen LogP) is 1.86.